The number of hydrogen-bond acceptors (Lipinski definition) is 3. The average Bonchev–Trinajstić information content (AvgIpc) is 3.08. The van der Waals surface area contributed by atoms with Crippen molar-refractivity contribution in [1.29, 1.82) is 0 Å². The van der Waals surface area contributed by atoms with E-state index in [1.807, 2.05) is 53.6 Å². The van der Waals surface area contributed by atoms with Crippen molar-refractivity contribution in [2.75, 3.05) is 6.54 Å². The molecule has 0 saturated carbocycles. The topological polar surface area (TPSA) is 72.5 Å². The Morgan fingerprint density at radius 1 is 1.16 bits per heavy atom. The van der Waals surface area contributed by atoms with Gasteiger partial charge in [0.15, 0.2) is 0 Å². The summed E-state index contributed by atoms with van der Waals surface area (Å²) in [6.07, 6.45) is 6.38. The summed E-state index contributed by atoms with van der Waals surface area (Å²) >= 11 is 0. The van der Waals surface area contributed by atoms with Crippen LogP contribution in [0, 0.1) is 0 Å². The quantitative estimate of drug-likeness (QED) is 0.744. The van der Waals surface area contributed by atoms with Crippen LogP contribution in [0.1, 0.15) is 5.82 Å². The molecule has 3 rings (SSSR count). The zero-order valence-electron chi connectivity index (χ0n) is 10.5. The van der Waals surface area contributed by atoms with Crippen molar-refractivity contribution < 1.29 is 0 Å². The van der Waals surface area contributed by atoms with Gasteiger partial charge < -0.3 is 10.7 Å². The van der Waals surface area contributed by atoms with Gasteiger partial charge in [-0.15, -0.1) is 0 Å². The van der Waals surface area contributed by atoms with Crippen LogP contribution in [0.4, 0.5) is 0 Å². The van der Waals surface area contributed by atoms with Crippen LogP contribution in [0.3, 0.4) is 0 Å². The maximum atomic E-state index is 5.51. The maximum Gasteiger partial charge on any atom is 0.107 e. The molecule has 3 aromatic rings. The third kappa shape index (κ3) is 2.41. The van der Waals surface area contributed by atoms with Crippen molar-refractivity contribution in [3.05, 3.63) is 54.7 Å². The first-order chi connectivity index (χ1) is 9.36. The Morgan fingerprint density at radius 3 is 2.79 bits per heavy atom. The number of hydrogen-bond donors (Lipinski definition) is 2. The van der Waals surface area contributed by atoms with Crippen LogP contribution in [-0.2, 0) is 6.42 Å². The van der Waals surface area contributed by atoms with Gasteiger partial charge in [-0.2, -0.15) is 5.10 Å². The van der Waals surface area contributed by atoms with Crippen LogP contribution in [-0.4, -0.2) is 26.3 Å². The monoisotopic (exact) mass is 253 g/mol. The highest BCUT2D eigenvalue weighted by molar-refractivity contribution is 5.57. The lowest BCUT2D eigenvalue weighted by atomic mass is 10.3. The number of H-pyrrole nitrogens is 1. The maximum absolute atomic E-state index is 5.51. The summed E-state index contributed by atoms with van der Waals surface area (Å²) in [5, 5.41) is 4.36. The molecule has 96 valence electrons. The van der Waals surface area contributed by atoms with E-state index < -0.39 is 0 Å². The molecule has 0 fully saturated rings. The summed E-state index contributed by atoms with van der Waals surface area (Å²) in [6.45, 7) is 0.593. The molecule has 0 aliphatic carbocycles. The van der Waals surface area contributed by atoms with Gasteiger partial charge in [-0.3, -0.25) is 0 Å². The van der Waals surface area contributed by atoms with Gasteiger partial charge in [0.1, 0.15) is 5.82 Å². The average molecular weight is 253 g/mol. The lowest BCUT2D eigenvalue weighted by Crippen LogP contribution is -2.03. The van der Waals surface area contributed by atoms with E-state index in [9.17, 15) is 0 Å². The fourth-order valence-corrected chi connectivity index (χ4v) is 1.96. The third-order valence-electron chi connectivity index (χ3n) is 2.92. The van der Waals surface area contributed by atoms with E-state index in [4.69, 9.17) is 5.73 Å². The summed E-state index contributed by atoms with van der Waals surface area (Å²) in [5.74, 6) is 0.907. The lowest BCUT2D eigenvalue weighted by molar-refractivity contribution is 0.880. The molecule has 0 spiro atoms. The number of benzene rings is 1. The lowest BCUT2D eigenvalue weighted by Gasteiger charge is -1.98. The SMILES string of the molecule is NCCc1ncc(-c2cnn(-c3ccccc3)c2)[nH]1. The minimum absolute atomic E-state index is 0.593. The van der Waals surface area contributed by atoms with Crippen LogP contribution >= 0.6 is 0 Å². The molecule has 1 aromatic carbocycles. The van der Waals surface area contributed by atoms with Gasteiger partial charge in [0.05, 0.1) is 23.8 Å². The fraction of sp³-hybridized carbons (Fsp3) is 0.143. The van der Waals surface area contributed by atoms with Crippen LogP contribution < -0.4 is 5.73 Å². The highest BCUT2D eigenvalue weighted by Gasteiger charge is 2.06. The molecule has 0 aliphatic rings. The van der Waals surface area contributed by atoms with Gasteiger partial charge in [0.2, 0.25) is 0 Å². The summed E-state index contributed by atoms with van der Waals surface area (Å²) in [6, 6.07) is 10.0. The van der Waals surface area contributed by atoms with Crippen LogP contribution in [0.5, 0.6) is 0 Å². The predicted octanol–water partition coefficient (Wildman–Crippen LogP) is 1.76. The Hall–Kier alpha value is -2.40. The molecule has 5 nitrogen and oxygen atoms in total. The highest BCUT2D eigenvalue weighted by atomic mass is 15.3. The zero-order chi connectivity index (χ0) is 13.1. The Labute approximate surface area is 111 Å². The van der Waals surface area contributed by atoms with Gasteiger partial charge in [-0.1, -0.05) is 18.2 Å². The Bertz CT molecular complexity index is 653. The van der Waals surface area contributed by atoms with Gasteiger partial charge in [0.25, 0.3) is 0 Å². The Balaban J connectivity index is 1.88. The molecule has 0 radical (unpaired) electrons. The van der Waals surface area contributed by atoms with Crippen LogP contribution in [0.15, 0.2) is 48.9 Å². The fourth-order valence-electron chi connectivity index (χ4n) is 1.96. The van der Waals surface area contributed by atoms with Gasteiger partial charge >= 0.3 is 0 Å². The van der Waals surface area contributed by atoms with Gasteiger partial charge in [-0.25, -0.2) is 9.67 Å². The standard InChI is InChI=1S/C14H15N5/c15-7-6-14-16-9-13(18-14)11-8-17-19(10-11)12-4-2-1-3-5-12/h1-5,8-10H,6-7,15H2,(H,16,18). The molecule has 3 N–H and O–H groups in total. The van der Waals surface area contributed by atoms with E-state index in [1.54, 1.807) is 0 Å². The van der Waals surface area contributed by atoms with E-state index in [0.29, 0.717) is 6.54 Å². The largest absolute Gasteiger partial charge is 0.342 e. The van der Waals surface area contributed by atoms with Crippen molar-refractivity contribution in [3.8, 4) is 16.9 Å². The molecule has 0 unspecified atom stereocenters. The summed E-state index contributed by atoms with van der Waals surface area (Å²) in [7, 11) is 0. The molecule has 2 aromatic heterocycles. The molecule has 0 amide bonds. The number of nitrogens with two attached hydrogens (primary N) is 1. The Kier molecular flexibility index (Phi) is 3.12. The first-order valence-electron chi connectivity index (χ1n) is 6.21. The molecule has 0 atom stereocenters. The first-order valence-corrected chi connectivity index (χ1v) is 6.21. The molecular formula is C14H15N5. The molecule has 0 aliphatic heterocycles. The molecule has 19 heavy (non-hydrogen) atoms. The second kappa shape index (κ2) is 5.07. The number of nitrogens with one attached hydrogen (secondary N) is 1. The normalized spacial score (nSPS) is 10.8. The summed E-state index contributed by atoms with van der Waals surface area (Å²) in [4.78, 5) is 7.54. The number of aromatic amines is 1. The number of aromatic nitrogens is 4. The number of rotatable bonds is 4. The summed E-state index contributed by atoms with van der Waals surface area (Å²) in [5.41, 5.74) is 8.53. The third-order valence-corrected chi connectivity index (χ3v) is 2.92. The zero-order valence-corrected chi connectivity index (χ0v) is 10.5. The minimum Gasteiger partial charge on any atom is -0.342 e. The number of imidazole rings is 1. The van der Waals surface area contributed by atoms with Gasteiger partial charge in [0, 0.05) is 18.2 Å². The minimum atomic E-state index is 0.593. The highest BCUT2D eigenvalue weighted by Crippen LogP contribution is 2.18. The van der Waals surface area contributed by atoms with Crippen molar-refractivity contribution in [2.24, 2.45) is 5.73 Å². The molecule has 0 saturated heterocycles. The smallest absolute Gasteiger partial charge is 0.107 e. The van der Waals surface area contributed by atoms with Gasteiger partial charge in [-0.05, 0) is 18.7 Å². The van der Waals surface area contributed by atoms with Crippen molar-refractivity contribution in [1.82, 2.24) is 19.7 Å². The Morgan fingerprint density at radius 2 is 2.00 bits per heavy atom. The van der Waals surface area contributed by atoms with E-state index in [0.717, 1.165) is 29.2 Å². The van der Waals surface area contributed by atoms with Crippen molar-refractivity contribution >= 4 is 0 Å². The number of nitrogens with zero attached hydrogens (tertiary/aromatic N) is 3. The molecule has 2 heterocycles. The van der Waals surface area contributed by atoms with E-state index >= 15 is 0 Å². The van der Waals surface area contributed by atoms with E-state index in [1.165, 1.54) is 0 Å². The van der Waals surface area contributed by atoms with Crippen molar-refractivity contribution in [3.63, 3.8) is 0 Å². The van der Waals surface area contributed by atoms with Crippen LogP contribution in [0.25, 0.3) is 16.9 Å². The first kappa shape index (κ1) is 11.7. The van der Waals surface area contributed by atoms with Crippen molar-refractivity contribution in [2.45, 2.75) is 6.42 Å². The molecular weight excluding hydrogens is 238 g/mol. The van der Waals surface area contributed by atoms with Crippen LogP contribution in [0.2, 0.25) is 0 Å². The number of para-hydroxylation sites is 1. The predicted molar refractivity (Wildman–Crippen MR) is 73.9 cm³/mol. The second-order valence-electron chi connectivity index (χ2n) is 4.29. The summed E-state index contributed by atoms with van der Waals surface area (Å²) < 4.78 is 1.85. The van der Waals surface area contributed by atoms with E-state index in [2.05, 4.69) is 15.1 Å². The molecule has 5 heteroatoms. The second-order valence-corrected chi connectivity index (χ2v) is 4.29. The van der Waals surface area contributed by atoms with E-state index in [-0.39, 0.29) is 0 Å². The molecule has 0 bridgehead atoms.